The van der Waals surface area contributed by atoms with Gasteiger partial charge in [0.25, 0.3) is 0 Å². The van der Waals surface area contributed by atoms with Crippen molar-refractivity contribution in [1.29, 1.82) is 0 Å². The van der Waals surface area contributed by atoms with E-state index in [9.17, 15) is 4.39 Å². The van der Waals surface area contributed by atoms with E-state index in [1.807, 2.05) is 0 Å². The van der Waals surface area contributed by atoms with Gasteiger partial charge in [0.05, 0.1) is 5.51 Å². The standard InChI is InChI=1S/C9H6ClFN2S/c10-5-1-2-6(7(11)3-5)8-9(12)14-4-13-8/h1-4H,12H2. The zero-order chi connectivity index (χ0) is 10.1. The van der Waals surface area contributed by atoms with E-state index in [2.05, 4.69) is 4.98 Å². The van der Waals surface area contributed by atoms with Gasteiger partial charge in [0.2, 0.25) is 0 Å². The molecular weight excluding hydrogens is 223 g/mol. The monoisotopic (exact) mass is 228 g/mol. The Bertz CT molecular complexity index is 470. The molecule has 2 N–H and O–H groups in total. The van der Waals surface area contributed by atoms with Gasteiger partial charge < -0.3 is 5.73 Å². The summed E-state index contributed by atoms with van der Waals surface area (Å²) in [6.45, 7) is 0. The predicted octanol–water partition coefficient (Wildman–Crippen LogP) is 3.18. The molecule has 0 aliphatic carbocycles. The van der Waals surface area contributed by atoms with Crippen molar-refractivity contribution < 1.29 is 4.39 Å². The normalized spacial score (nSPS) is 10.4. The molecule has 1 aromatic carbocycles. The van der Waals surface area contributed by atoms with Crippen molar-refractivity contribution in [2.24, 2.45) is 0 Å². The Hall–Kier alpha value is -1.13. The molecule has 0 bridgehead atoms. The highest BCUT2D eigenvalue weighted by Crippen LogP contribution is 2.30. The van der Waals surface area contributed by atoms with Crippen LogP contribution in [-0.4, -0.2) is 4.98 Å². The van der Waals surface area contributed by atoms with Crippen LogP contribution < -0.4 is 5.73 Å². The van der Waals surface area contributed by atoms with Crippen molar-refractivity contribution in [3.8, 4) is 11.3 Å². The number of thiazole rings is 1. The zero-order valence-corrected chi connectivity index (χ0v) is 8.57. The Kier molecular flexibility index (Phi) is 2.39. The molecule has 0 radical (unpaired) electrons. The summed E-state index contributed by atoms with van der Waals surface area (Å²) >= 11 is 6.91. The summed E-state index contributed by atoms with van der Waals surface area (Å²) in [6, 6.07) is 4.43. The van der Waals surface area contributed by atoms with Crippen molar-refractivity contribution in [2.45, 2.75) is 0 Å². The second-order valence-corrected chi connectivity index (χ2v) is 4.01. The lowest BCUT2D eigenvalue weighted by atomic mass is 10.1. The van der Waals surface area contributed by atoms with Gasteiger partial charge in [0.15, 0.2) is 0 Å². The Labute approximate surface area is 89.2 Å². The van der Waals surface area contributed by atoms with Crippen LogP contribution in [0.3, 0.4) is 0 Å². The molecule has 0 aliphatic heterocycles. The summed E-state index contributed by atoms with van der Waals surface area (Å²) in [5.74, 6) is -0.407. The molecule has 2 nitrogen and oxygen atoms in total. The number of nitrogens with zero attached hydrogens (tertiary/aromatic N) is 1. The Morgan fingerprint density at radius 2 is 2.21 bits per heavy atom. The van der Waals surface area contributed by atoms with E-state index >= 15 is 0 Å². The van der Waals surface area contributed by atoms with Crippen LogP contribution in [0.4, 0.5) is 9.39 Å². The average molecular weight is 229 g/mol. The topological polar surface area (TPSA) is 38.9 Å². The Morgan fingerprint density at radius 1 is 1.43 bits per heavy atom. The van der Waals surface area contributed by atoms with Gasteiger partial charge in [0.1, 0.15) is 16.5 Å². The molecule has 14 heavy (non-hydrogen) atoms. The number of hydrogen-bond donors (Lipinski definition) is 1. The van der Waals surface area contributed by atoms with Crippen molar-refractivity contribution in [2.75, 3.05) is 5.73 Å². The van der Waals surface area contributed by atoms with Gasteiger partial charge in [0, 0.05) is 10.6 Å². The maximum atomic E-state index is 13.4. The molecule has 0 fully saturated rings. The molecule has 0 saturated carbocycles. The van der Waals surface area contributed by atoms with Crippen LogP contribution in [0.25, 0.3) is 11.3 Å². The van der Waals surface area contributed by atoms with Crippen LogP contribution in [0.5, 0.6) is 0 Å². The summed E-state index contributed by atoms with van der Waals surface area (Å²) in [6.07, 6.45) is 0. The van der Waals surface area contributed by atoms with Gasteiger partial charge in [-0.1, -0.05) is 11.6 Å². The third kappa shape index (κ3) is 1.58. The summed E-state index contributed by atoms with van der Waals surface area (Å²) in [5, 5.41) is 0.867. The highest BCUT2D eigenvalue weighted by Gasteiger charge is 2.10. The van der Waals surface area contributed by atoms with Crippen molar-refractivity contribution in [3.63, 3.8) is 0 Å². The van der Waals surface area contributed by atoms with E-state index in [1.165, 1.54) is 17.4 Å². The molecule has 2 aromatic rings. The van der Waals surface area contributed by atoms with E-state index in [0.717, 1.165) is 0 Å². The van der Waals surface area contributed by atoms with E-state index in [-0.39, 0.29) is 0 Å². The summed E-state index contributed by atoms with van der Waals surface area (Å²) in [4.78, 5) is 3.99. The van der Waals surface area contributed by atoms with Crippen molar-refractivity contribution in [3.05, 3.63) is 34.5 Å². The number of nitrogen functional groups attached to an aromatic ring is 1. The first-order valence-corrected chi connectivity index (χ1v) is 5.08. The largest absolute Gasteiger partial charge is 0.389 e. The van der Waals surface area contributed by atoms with Crippen LogP contribution in [0, 0.1) is 5.82 Å². The Balaban J connectivity index is 2.58. The fourth-order valence-corrected chi connectivity index (χ4v) is 1.84. The number of hydrogen-bond acceptors (Lipinski definition) is 3. The van der Waals surface area contributed by atoms with Gasteiger partial charge in [-0.05, 0) is 18.2 Å². The summed E-state index contributed by atoms with van der Waals surface area (Å²) < 4.78 is 13.4. The first-order valence-electron chi connectivity index (χ1n) is 3.83. The molecule has 0 atom stereocenters. The maximum Gasteiger partial charge on any atom is 0.134 e. The molecule has 1 aromatic heterocycles. The molecular formula is C9H6ClFN2S. The highest BCUT2D eigenvalue weighted by atomic mass is 35.5. The number of anilines is 1. The third-order valence-electron chi connectivity index (χ3n) is 1.78. The predicted molar refractivity (Wildman–Crippen MR) is 56.9 cm³/mol. The second kappa shape index (κ2) is 3.55. The lowest BCUT2D eigenvalue weighted by Gasteiger charge is -2.00. The van der Waals surface area contributed by atoms with Crippen LogP contribution >= 0.6 is 22.9 Å². The van der Waals surface area contributed by atoms with Gasteiger partial charge in [-0.15, -0.1) is 11.3 Å². The minimum atomic E-state index is -0.407. The van der Waals surface area contributed by atoms with Gasteiger partial charge >= 0.3 is 0 Å². The van der Waals surface area contributed by atoms with E-state index in [0.29, 0.717) is 21.3 Å². The summed E-state index contributed by atoms with van der Waals surface area (Å²) in [5.41, 5.74) is 8.08. The molecule has 0 aliphatic rings. The van der Waals surface area contributed by atoms with Crippen LogP contribution in [0.1, 0.15) is 0 Å². The molecule has 0 amide bonds. The quantitative estimate of drug-likeness (QED) is 0.814. The minimum absolute atomic E-state index is 0.361. The second-order valence-electron chi connectivity index (χ2n) is 2.69. The average Bonchev–Trinajstić information content (AvgIpc) is 2.52. The first kappa shape index (κ1) is 9.43. The molecule has 0 unspecified atom stereocenters. The van der Waals surface area contributed by atoms with Crippen LogP contribution in [0.15, 0.2) is 23.7 Å². The summed E-state index contributed by atoms with van der Waals surface area (Å²) in [7, 11) is 0. The first-order chi connectivity index (χ1) is 6.68. The highest BCUT2D eigenvalue weighted by molar-refractivity contribution is 7.14. The fourth-order valence-electron chi connectivity index (χ4n) is 1.14. The van der Waals surface area contributed by atoms with Gasteiger partial charge in [-0.2, -0.15) is 0 Å². The number of aromatic nitrogens is 1. The van der Waals surface area contributed by atoms with Crippen molar-refractivity contribution >= 4 is 27.9 Å². The van der Waals surface area contributed by atoms with Gasteiger partial charge in [-0.25, -0.2) is 9.37 Å². The van der Waals surface area contributed by atoms with Crippen LogP contribution in [0.2, 0.25) is 5.02 Å². The molecule has 72 valence electrons. The molecule has 0 saturated heterocycles. The van der Waals surface area contributed by atoms with Crippen molar-refractivity contribution in [1.82, 2.24) is 4.98 Å². The third-order valence-corrected chi connectivity index (χ3v) is 2.67. The molecule has 1 heterocycles. The smallest absolute Gasteiger partial charge is 0.134 e. The van der Waals surface area contributed by atoms with Gasteiger partial charge in [-0.3, -0.25) is 0 Å². The lowest BCUT2D eigenvalue weighted by molar-refractivity contribution is 0.631. The lowest BCUT2D eigenvalue weighted by Crippen LogP contribution is -1.89. The molecule has 0 spiro atoms. The number of benzene rings is 1. The number of halogens is 2. The molecule has 2 rings (SSSR count). The van der Waals surface area contributed by atoms with E-state index < -0.39 is 5.82 Å². The molecule has 5 heteroatoms. The number of nitrogens with two attached hydrogens (primary N) is 1. The fraction of sp³-hybridized carbons (Fsp3) is 0. The van der Waals surface area contributed by atoms with E-state index in [1.54, 1.807) is 17.6 Å². The van der Waals surface area contributed by atoms with Crippen LogP contribution in [-0.2, 0) is 0 Å². The zero-order valence-electron chi connectivity index (χ0n) is 7.00. The SMILES string of the molecule is Nc1scnc1-c1ccc(Cl)cc1F. The maximum absolute atomic E-state index is 13.4. The minimum Gasteiger partial charge on any atom is -0.389 e. The van der Waals surface area contributed by atoms with E-state index in [4.69, 9.17) is 17.3 Å². The Morgan fingerprint density at radius 3 is 2.79 bits per heavy atom. The number of rotatable bonds is 1.